The normalized spacial score (nSPS) is 14.1. The summed E-state index contributed by atoms with van der Waals surface area (Å²) in [5.74, 6) is 0.114. The second-order valence-electron chi connectivity index (χ2n) is 28.5. The van der Waals surface area contributed by atoms with E-state index >= 15 is 0 Å². The molecular weight excluding hydrogens is 1230 g/mol. The largest absolute Gasteiger partial charge is 0.472 e. The first-order valence-corrected chi connectivity index (χ1v) is 41.8. The first kappa shape index (κ1) is 92.1. The number of unbranched alkanes of at least 4 members (excludes halogenated alkanes) is 41. The second kappa shape index (κ2) is 65.7. The van der Waals surface area contributed by atoms with E-state index in [0.717, 1.165) is 108 Å². The quantitative estimate of drug-likeness (QED) is 0.0222. The molecule has 0 aliphatic heterocycles. The van der Waals surface area contributed by atoms with E-state index < -0.39 is 97.5 Å². The average molecular weight is 1380 g/mol. The molecule has 2 unspecified atom stereocenters. The van der Waals surface area contributed by atoms with Crippen molar-refractivity contribution in [1.29, 1.82) is 0 Å². The van der Waals surface area contributed by atoms with Crippen LogP contribution in [0, 0.1) is 17.8 Å². The minimum absolute atomic E-state index is 0.105. The lowest BCUT2D eigenvalue weighted by Crippen LogP contribution is -2.30. The number of aliphatic hydroxyl groups excluding tert-OH is 1. The Morgan fingerprint density at radius 2 is 0.489 bits per heavy atom. The Morgan fingerprint density at radius 1 is 0.287 bits per heavy atom. The molecule has 0 rings (SSSR count). The Labute approximate surface area is 575 Å². The standard InChI is InChI=1S/C75H146O17P2/c1-8-9-10-11-12-13-14-15-20-23-29-34-42-49-56-72(77)85-62-70(91-74(79)58-51-44-35-30-24-21-18-16-17-19-22-27-32-39-46-53-66(2)3)64-89-93(81,82)87-60-69(76)61-88-94(83,84)90-65-71(63-86-73(78)57-50-43-38-37-41-48-55-68(6)7)92-75(80)59-52-45-36-31-26-25-28-33-40-47-54-67(4)5/h66-71,76H,8-65H2,1-7H3,(H,81,82)(H,83,84)/t69-,70-,71-/m1/s1. The minimum atomic E-state index is -4.96. The van der Waals surface area contributed by atoms with E-state index in [4.69, 9.17) is 37.0 Å². The van der Waals surface area contributed by atoms with E-state index in [1.54, 1.807) is 0 Å². The summed E-state index contributed by atoms with van der Waals surface area (Å²) in [6.45, 7) is 11.8. The zero-order chi connectivity index (χ0) is 69.4. The molecule has 0 saturated heterocycles. The van der Waals surface area contributed by atoms with Crippen molar-refractivity contribution in [2.75, 3.05) is 39.6 Å². The number of ether oxygens (including phenoxy) is 4. The summed E-state index contributed by atoms with van der Waals surface area (Å²) in [6.07, 6.45) is 51.4. The number of aliphatic hydroxyl groups is 1. The monoisotopic (exact) mass is 1380 g/mol. The Kier molecular flexibility index (Phi) is 64.3. The lowest BCUT2D eigenvalue weighted by molar-refractivity contribution is -0.161. The number of hydrogen-bond donors (Lipinski definition) is 3. The summed E-state index contributed by atoms with van der Waals surface area (Å²) in [7, 11) is -9.91. The first-order valence-electron chi connectivity index (χ1n) is 38.8. The molecule has 0 heterocycles. The molecule has 0 aromatic rings. The molecule has 94 heavy (non-hydrogen) atoms. The number of rotatable bonds is 73. The van der Waals surface area contributed by atoms with Crippen LogP contribution in [0.2, 0.25) is 0 Å². The lowest BCUT2D eigenvalue weighted by Gasteiger charge is -2.21. The molecule has 0 aromatic carbocycles. The van der Waals surface area contributed by atoms with Crippen molar-refractivity contribution in [2.24, 2.45) is 17.8 Å². The third-order valence-corrected chi connectivity index (χ3v) is 19.3. The van der Waals surface area contributed by atoms with Gasteiger partial charge in [-0.2, -0.15) is 0 Å². The van der Waals surface area contributed by atoms with Gasteiger partial charge < -0.3 is 33.8 Å². The summed E-state index contributed by atoms with van der Waals surface area (Å²) < 4.78 is 68.5. The van der Waals surface area contributed by atoms with Gasteiger partial charge >= 0.3 is 39.5 Å². The number of carbonyl (C=O) groups is 4. The van der Waals surface area contributed by atoms with Gasteiger partial charge in [-0.05, 0) is 43.4 Å². The van der Waals surface area contributed by atoms with Crippen molar-refractivity contribution in [3.63, 3.8) is 0 Å². The van der Waals surface area contributed by atoms with Gasteiger partial charge in [0.25, 0.3) is 0 Å². The lowest BCUT2D eigenvalue weighted by atomic mass is 10.0. The Hall–Kier alpha value is -1.94. The molecule has 0 aliphatic carbocycles. The number of hydrogen-bond acceptors (Lipinski definition) is 15. The second-order valence-corrected chi connectivity index (χ2v) is 31.4. The fraction of sp³-hybridized carbons (Fsp3) is 0.947. The van der Waals surface area contributed by atoms with E-state index in [-0.39, 0.29) is 25.7 Å². The Morgan fingerprint density at radius 3 is 0.723 bits per heavy atom. The van der Waals surface area contributed by atoms with Crippen LogP contribution in [0.25, 0.3) is 0 Å². The van der Waals surface area contributed by atoms with Crippen LogP contribution in [0.1, 0.15) is 382 Å². The fourth-order valence-corrected chi connectivity index (χ4v) is 13.0. The summed E-state index contributed by atoms with van der Waals surface area (Å²) in [5, 5.41) is 10.6. The molecule has 0 radical (unpaired) electrons. The predicted molar refractivity (Wildman–Crippen MR) is 381 cm³/mol. The molecule has 558 valence electrons. The molecule has 5 atom stereocenters. The van der Waals surface area contributed by atoms with E-state index in [1.165, 1.54) is 186 Å². The van der Waals surface area contributed by atoms with Gasteiger partial charge in [-0.1, -0.05) is 331 Å². The molecular formula is C75H146O17P2. The SMILES string of the molecule is CCCCCCCCCCCCCCCCC(=O)OC[C@H](COP(=O)(O)OC[C@@H](O)COP(=O)(O)OC[C@@H](COC(=O)CCCCCCCCC(C)C)OC(=O)CCCCCCCCCCCCC(C)C)OC(=O)CCCCCCCCCCCCCCCCCC(C)C. The Balaban J connectivity index is 5.23. The number of esters is 4. The van der Waals surface area contributed by atoms with Crippen LogP contribution in [0.5, 0.6) is 0 Å². The average Bonchev–Trinajstić information content (AvgIpc) is 1.54. The van der Waals surface area contributed by atoms with Crippen LogP contribution < -0.4 is 0 Å². The van der Waals surface area contributed by atoms with Crippen molar-refractivity contribution in [2.45, 2.75) is 401 Å². The smallest absolute Gasteiger partial charge is 0.462 e. The van der Waals surface area contributed by atoms with Crippen molar-refractivity contribution < 1.29 is 80.2 Å². The van der Waals surface area contributed by atoms with Crippen molar-refractivity contribution in [3.05, 3.63) is 0 Å². The Bertz CT molecular complexity index is 1840. The van der Waals surface area contributed by atoms with Crippen LogP contribution >= 0.6 is 15.6 Å². The highest BCUT2D eigenvalue weighted by molar-refractivity contribution is 7.47. The highest BCUT2D eigenvalue weighted by Crippen LogP contribution is 2.45. The van der Waals surface area contributed by atoms with E-state index in [9.17, 15) is 43.2 Å². The van der Waals surface area contributed by atoms with Gasteiger partial charge in [-0.3, -0.25) is 37.3 Å². The molecule has 3 N–H and O–H groups in total. The molecule has 0 aromatic heterocycles. The molecule has 0 bridgehead atoms. The van der Waals surface area contributed by atoms with Gasteiger partial charge in [-0.25, -0.2) is 9.13 Å². The summed E-state index contributed by atoms with van der Waals surface area (Å²) in [5.41, 5.74) is 0. The zero-order valence-electron chi connectivity index (χ0n) is 61.4. The third kappa shape index (κ3) is 68.6. The highest BCUT2D eigenvalue weighted by Gasteiger charge is 2.30. The van der Waals surface area contributed by atoms with Crippen molar-refractivity contribution in [1.82, 2.24) is 0 Å². The summed E-state index contributed by atoms with van der Waals surface area (Å²) in [4.78, 5) is 72.7. The highest BCUT2D eigenvalue weighted by atomic mass is 31.2. The van der Waals surface area contributed by atoms with Crippen LogP contribution in [0.15, 0.2) is 0 Å². The number of phosphoric ester groups is 2. The predicted octanol–water partition coefficient (Wildman–Crippen LogP) is 21.8. The van der Waals surface area contributed by atoms with Gasteiger partial charge in [0.1, 0.15) is 19.3 Å². The molecule has 0 spiro atoms. The zero-order valence-corrected chi connectivity index (χ0v) is 63.2. The summed E-state index contributed by atoms with van der Waals surface area (Å²) in [6, 6.07) is 0. The van der Waals surface area contributed by atoms with Crippen LogP contribution in [0.4, 0.5) is 0 Å². The van der Waals surface area contributed by atoms with Crippen LogP contribution in [-0.4, -0.2) is 96.7 Å². The third-order valence-electron chi connectivity index (χ3n) is 17.4. The van der Waals surface area contributed by atoms with Gasteiger partial charge in [0, 0.05) is 25.7 Å². The van der Waals surface area contributed by atoms with Crippen LogP contribution in [-0.2, 0) is 65.4 Å². The molecule has 0 saturated carbocycles. The summed E-state index contributed by atoms with van der Waals surface area (Å²) >= 11 is 0. The molecule has 19 heteroatoms. The molecule has 0 fully saturated rings. The van der Waals surface area contributed by atoms with Gasteiger partial charge in [0.2, 0.25) is 0 Å². The first-order chi connectivity index (χ1) is 45.2. The van der Waals surface area contributed by atoms with Gasteiger partial charge in [0.15, 0.2) is 12.2 Å². The minimum Gasteiger partial charge on any atom is -0.462 e. The fourth-order valence-electron chi connectivity index (χ4n) is 11.4. The van der Waals surface area contributed by atoms with E-state index in [2.05, 4.69) is 48.5 Å². The maximum atomic E-state index is 13.1. The van der Waals surface area contributed by atoms with Gasteiger partial charge in [-0.15, -0.1) is 0 Å². The van der Waals surface area contributed by atoms with Gasteiger partial charge in [0.05, 0.1) is 26.4 Å². The van der Waals surface area contributed by atoms with Crippen LogP contribution in [0.3, 0.4) is 0 Å². The number of phosphoric acid groups is 2. The molecule has 17 nitrogen and oxygen atoms in total. The topological polar surface area (TPSA) is 237 Å². The van der Waals surface area contributed by atoms with E-state index in [0.29, 0.717) is 31.6 Å². The van der Waals surface area contributed by atoms with Crippen molar-refractivity contribution in [3.8, 4) is 0 Å². The van der Waals surface area contributed by atoms with Crippen molar-refractivity contribution >= 4 is 39.5 Å². The maximum Gasteiger partial charge on any atom is 0.472 e. The molecule has 0 aliphatic rings. The van der Waals surface area contributed by atoms with E-state index in [1.807, 2.05) is 0 Å². The molecule has 0 amide bonds. The number of carbonyl (C=O) groups excluding carboxylic acids is 4. The maximum absolute atomic E-state index is 13.1.